The van der Waals surface area contributed by atoms with Gasteiger partial charge in [-0.15, -0.1) is 0 Å². The number of nitrogens with one attached hydrogen (secondary N) is 1. The van der Waals surface area contributed by atoms with Gasteiger partial charge in [0.15, 0.2) is 5.78 Å². The molecule has 17 heavy (non-hydrogen) atoms. The summed E-state index contributed by atoms with van der Waals surface area (Å²) in [6.07, 6.45) is 4.08. The van der Waals surface area contributed by atoms with Gasteiger partial charge in [-0.1, -0.05) is 27.2 Å². The predicted molar refractivity (Wildman–Crippen MR) is 73.7 cm³/mol. The van der Waals surface area contributed by atoms with E-state index in [9.17, 15) is 4.79 Å². The second-order valence-corrected chi connectivity index (χ2v) is 4.39. The number of carbonyl (C=O) groups excluding carboxylic acids is 1. The Bertz CT molecular complexity index is 342. The average molecular weight is 233 g/mol. The first-order valence-corrected chi connectivity index (χ1v) is 6.61. The molecule has 0 radical (unpaired) electrons. The Morgan fingerprint density at radius 1 is 1.18 bits per heavy atom. The molecule has 0 spiro atoms. The topological polar surface area (TPSA) is 29.1 Å². The van der Waals surface area contributed by atoms with Gasteiger partial charge in [-0.2, -0.15) is 0 Å². The Morgan fingerprint density at radius 3 is 2.29 bits per heavy atom. The normalized spacial score (nSPS) is 12.2. The third-order valence-corrected chi connectivity index (χ3v) is 3.03. The number of ketones is 1. The highest BCUT2D eigenvalue weighted by Gasteiger charge is 2.06. The van der Waals surface area contributed by atoms with E-state index < -0.39 is 0 Å². The fourth-order valence-electron chi connectivity index (χ4n) is 1.92. The minimum atomic E-state index is 0.206. The van der Waals surface area contributed by atoms with Crippen LogP contribution in [0.25, 0.3) is 0 Å². The van der Waals surface area contributed by atoms with Crippen LogP contribution in [0.2, 0.25) is 0 Å². The summed E-state index contributed by atoms with van der Waals surface area (Å²) < 4.78 is 0. The molecule has 1 rings (SSSR count). The van der Waals surface area contributed by atoms with Gasteiger partial charge in [-0.25, -0.2) is 0 Å². The summed E-state index contributed by atoms with van der Waals surface area (Å²) >= 11 is 0. The molecule has 0 aliphatic carbocycles. The zero-order valence-corrected chi connectivity index (χ0v) is 11.1. The van der Waals surface area contributed by atoms with Crippen molar-refractivity contribution in [3.8, 4) is 0 Å². The fourth-order valence-corrected chi connectivity index (χ4v) is 1.92. The zero-order chi connectivity index (χ0) is 12.7. The summed E-state index contributed by atoms with van der Waals surface area (Å²) in [5.41, 5.74) is 1.92. The molecule has 1 unspecified atom stereocenters. The van der Waals surface area contributed by atoms with Crippen molar-refractivity contribution in [3.05, 3.63) is 29.8 Å². The molecule has 0 aromatic heterocycles. The van der Waals surface area contributed by atoms with Gasteiger partial charge in [-0.05, 0) is 37.1 Å². The smallest absolute Gasteiger partial charge is 0.162 e. The number of anilines is 1. The van der Waals surface area contributed by atoms with Crippen LogP contribution in [0.1, 0.15) is 56.8 Å². The van der Waals surface area contributed by atoms with Crippen molar-refractivity contribution in [1.82, 2.24) is 0 Å². The zero-order valence-electron chi connectivity index (χ0n) is 11.1. The summed E-state index contributed by atoms with van der Waals surface area (Å²) in [5, 5.41) is 3.50. The highest BCUT2D eigenvalue weighted by atomic mass is 16.1. The maximum atomic E-state index is 11.5. The highest BCUT2D eigenvalue weighted by molar-refractivity contribution is 5.96. The predicted octanol–water partition coefficient (Wildman–Crippen LogP) is 4.27. The van der Waals surface area contributed by atoms with E-state index in [2.05, 4.69) is 19.2 Å². The summed E-state index contributed by atoms with van der Waals surface area (Å²) in [4.78, 5) is 11.5. The first-order chi connectivity index (χ1) is 8.21. The summed E-state index contributed by atoms with van der Waals surface area (Å²) in [7, 11) is 0. The number of carbonyl (C=O) groups is 1. The molecule has 1 aromatic rings. The van der Waals surface area contributed by atoms with E-state index in [1.165, 1.54) is 12.8 Å². The maximum Gasteiger partial charge on any atom is 0.162 e. The molecule has 0 saturated heterocycles. The molecule has 1 aromatic carbocycles. The van der Waals surface area contributed by atoms with Crippen LogP contribution in [0.5, 0.6) is 0 Å². The van der Waals surface area contributed by atoms with Crippen LogP contribution >= 0.6 is 0 Å². The van der Waals surface area contributed by atoms with E-state index in [1.807, 2.05) is 31.2 Å². The van der Waals surface area contributed by atoms with Crippen LogP contribution in [0.4, 0.5) is 5.69 Å². The molecule has 0 fully saturated rings. The maximum absolute atomic E-state index is 11.5. The van der Waals surface area contributed by atoms with Crippen molar-refractivity contribution in [2.45, 2.75) is 52.5 Å². The van der Waals surface area contributed by atoms with Crippen LogP contribution in [0, 0.1) is 0 Å². The molecule has 1 N–H and O–H groups in total. The molecule has 2 nitrogen and oxygen atoms in total. The van der Waals surface area contributed by atoms with Gasteiger partial charge in [0.25, 0.3) is 0 Å². The van der Waals surface area contributed by atoms with Crippen molar-refractivity contribution >= 4 is 11.5 Å². The molecule has 0 saturated carbocycles. The van der Waals surface area contributed by atoms with Crippen molar-refractivity contribution in [2.24, 2.45) is 0 Å². The third-order valence-electron chi connectivity index (χ3n) is 3.03. The van der Waals surface area contributed by atoms with E-state index in [0.717, 1.165) is 17.7 Å². The summed E-state index contributed by atoms with van der Waals surface area (Å²) in [5.74, 6) is 0.206. The number of benzene rings is 1. The van der Waals surface area contributed by atoms with E-state index in [0.29, 0.717) is 12.5 Å². The van der Waals surface area contributed by atoms with Gasteiger partial charge >= 0.3 is 0 Å². The minimum Gasteiger partial charge on any atom is -0.382 e. The fraction of sp³-hybridized carbons (Fsp3) is 0.533. The van der Waals surface area contributed by atoms with Gasteiger partial charge in [-0.3, -0.25) is 4.79 Å². The van der Waals surface area contributed by atoms with Gasteiger partial charge in [0.1, 0.15) is 0 Å². The first-order valence-electron chi connectivity index (χ1n) is 6.61. The third kappa shape index (κ3) is 4.22. The van der Waals surface area contributed by atoms with Gasteiger partial charge in [0, 0.05) is 23.7 Å². The molecule has 0 aliphatic rings. The number of hydrogen-bond donors (Lipinski definition) is 1. The van der Waals surface area contributed by atoms with E-state index >= 15 is 0 Å². The quantitative estimate of drug-likeness (QED) is 0.712. The Kier molecular flexibility index (Phi) is 5.75. The molecule has 2 heteroatoms. The number of Topliss-reactive ketones (excluding diaryl/α,β-unsaturated/α-hetero) is 1. The standard InChI is InChI=1S/C15H23NO/c1-4-7-13(5-2)16-14-10-8-12(9-11-14)15(17)6-3/h8-11,13,16H,4-7H2,1-3H3. The van der Waals surface area contributed by atoms with Crippen LogP contribution in [0.15, 0.2) is 24.3 Å². The Morgan fingerprint density at radius 2 is 1.82 bits per heavy atom. The second-order valence-electron chi connectivity index (χ2n) is 4.39. The molecule has 0 aliphatic heterocycles. The molecular formula is C15H23NO. The molecule has 1 atom stereocenters. The summed E-state index contributed by atoms with van der Waals surface area (Å²) in [6.45, 7) is 6.29. The monoisotopic (exact) mass is 233 g/mol. The van der Waals surface area contributed by atoms with Gasteiger partial charge < -0.3 is 5.32 Å². The van der Waals surface area contributed by atoms with E-state index in [4.69, 9.17) is 0 Å². The minimum absolute atomic E-state index is 0.206. The van der Waals surface area contributed by atoms with Crippen molar-refractivity contribution in [3.63, 3.8) is 0 Å². The number of rotatable bonds is 7. The Labute approximate surface area is 104 Å². The lowest BCUT2D eigenvalue weighted by molar-refractivity contribution is 0.0988. The lowest BCUT2D eigenvalue weighted by Gasteiger charge is -2.17. The SMILES string of the molecule is CCCC(CC)Nc1ccc(C(=O)CC)cc1. The first kappa shape index (κ1) is 13.8. The lowest BCUT2D eigenvalue weighted by atomic mass is 10.1. The van der Waals surface area contributed by atoms with E-state index in [-0.39, 0.29) is 5.78 Å². The van der Waals surface area contributed by atoms with Crippen molar-refractivity contribution in [1.29, 1.82) is 0 Å². The van der Waals surface area contributed by atoms with E-state index in [1.54, 1.807) is 0 Å². The molecule has 0 bridgehead atoms. The Hall–Kier alpha value is -1.31. The van der Waals surface area contributed by atoms with Gasteiger partial charge in [0.05, 0.1) is 0 Å². The van der Waals surface area contributed by atoms with Crippen molar-refractivity contribution < 1.29 is 4.79 Å². The largest absolute Gasteiger partial charge is 0.382 e. The highest BCUT2D eigenvalue weighted by Crippen LogP contribution is 2.15. The lowest BCUT2D eigenvalue weighted by Crippen LogP contribution is -2.17. The molecule has 94 valence electrons. The Balaban J connectivity index is 2.64. The van der Waals surface area contributed by atoms with Gasteiger partial charge in [0.2, 0.25) is 0 Å². The number of hydrogen-bond acceptors (Lipinski definition) is 2. The second kappa shape index (κ2) is 7.10. The molecule has 0 amide bonds. The molecular weight excluding hydrogens is 210 g/mol. The average Bonchev–Trinajstić information content (AvgIpc) is 2.38. The summed E-state index contributed by atoms with van der Waals surface area (Å²) in [6, 6.07) is 8.36. The van der Waals surface area contributed by atoms with Crippen LogP contribution in [-0.2, 0) is 0 Å². The molecule has 0 heterocycles. The van der Waals surface area contributed by atoms with Crippen LogP contribution < -0.4 is 5.32 Å². The van der Waals surface area contributed by atoms with Crippen molar-refractivity contribution in [2.75, 3.05) is 5.32 Å². The van der Waals surface area contributed by atoms with Crippen LogP contribution in [0.3, 0.4) is 0 Å². The van der Waals surface area contributed by atoms with Crippen LogP contribution in [-0.4, -0.2) is 11.8 Å².